The van der Waals surface area contributed by atoms with Crippen LogP contribution in [0.25, 0.3) is 0 Å². The number of hydrogen-bond donors (Lipinski definition) is 1. The average Bonchev–Trinajstić information content (AvgIpc) is 2.30. The number of likely N-dealkylation sites (N-methyl/N-ethyl adjacent to an activating group) is 1. The summed E-state index contributed by atoms with van der Waals surface area (Å²) >= 11 is 0. The number of methoxy groups -OCH3 is 1. The van der Waals surface area contributed by atoms with Crippen LogP contribution >= 0.6 is 0 Å². The molecule has 0 spiro atoms. The maximum Gasteiger partial charge on any atom is 0.410 e. The van der Waals surface area contributed by atoms with Gasteiger partial charge in [-0.05, 0) is 39.5 Å². The SMILES string of the molecule is COCCC(C)CC(CN)N(C)C(=O)OC(C)(C)C. The number of nitrogens with zero attached hydrogens (tertiary/aromatic N) is 1. The molecule has 0 fully saturated rings. The second-order valence-electron chi connectivity index (χ2n) is 6.10. The van der Waals surface area contributed by atoms with Gasteiger partial charge in [-0.2, -0.15) is 0 Å². The summed E-state index contributed by atoms with van der Waals surface area (Å²) in [4.78, 5) is 13.6. The Morgan fingerprint density at radius 3 is 2.37 bits per heavy atom. The summed E-state index contributed by atoms with van der Waals surface area (Å²) in [5.74, 6) is 0.457. The largest absolute Gasteiger partial charge is 0.444 e. The van der Waals surface area contributed by atoms with Crippen molar-refractivity contribution >= 4 is 6.09 Å². The van der Waals surface area contributed by atoms with Gasteiger partial charge in [-0.25, -0.2) is 4.79 Å². The molecule has 0 saturated heterocycles. The van der Waals surface area contributed by atoms with Crippen LogP contribution in [0.3, 0.4) is 0 Å². The lowest BCUT2D eigenvalue weighted by atomic mass is 9.98. The molecule has 0 aliphatic carbocycles. The highest BCUT2D eigenvalue weighted by Crippen LogP contribution is 2.16. The predicted molar refractivity (Wildman–Crippen MR) is 77.1 cm³/mol. The van der Waals surface area contributed by atoms with E-state index in [4.69, 9.17) is 15.2 Å². The van der Waals surface area contributed by atoms with Gasteiger partial charge in [0.15, 0.2) is 0 Å². The zero-order valence-electron chi connectivity index (χ0n) is 13.2. The van der Waals surface area contributed by atoms with Crippen LogP contribution in [0.5, 0.6) is 0 Å². The van der Waals surface area contributed by atoms with Crippen LogP contribution in [-0.2, 0) is 9.47 Å². The predicted octanol–water partition coefficient (Wildman–Crippen LogP) is 2.24. The standard InChI is InChI=1S/C14H30N2O3/c1-11(7-8-18-6)9-12(10-15)16(5)13(17)19-14(2,3)4/h11-12H,7-10,15H2,1-6H3. The molecular formula is C14H30N2O3. The van der Waals surface area contributed by atoms with E-state index in [1.165, 1.54) is 0 Å². The third-order valence-electron chi connectivity index (χ3n) is 2.99. The first-order valence-electron chi connectivity index (χ1n) is 6.86. The summed E-state index contributed by atoms with van der Waals surface area (Å²) in [6, 6.07) is 0.00158. The van der Waals surface area contributed by atoms with Crippen LogP contribution < -0.4 is 5.73 Å². The third kappa shape index (κ3) is 8.06. The molecule has 114 valence electrons. The Kier molecular flexibility index (Phi) is 8.02. The number of rotatable bonds is 7. The van der Waals surface area contributed by atoms with Crippen molar-refractivity contribution in [2.24, 2.45) is 11.7 Å². The zero-order valence-corrected chi connectivity index (χ0v) is 13.2. The van der Waals surface area contributed by atoms with Gasteiger partial charge in [0, 0.05) is 33.4 Å². The highest BCUT2D eigenvalue weighted by atomic mass is 16.6. The summed E-state index contributed by atoms with van der Waals surface area (Å²) in [6.07, 6.45) is 1.51. The molecule has 1 amide bonds. The molecule has 2 N–H and O–H groups in total. The van der Waals surface area contributed by atoms with Crippen LogP contribution in [-0.4, -0.2) is 49.9 Å². The van der Waals surface area contributed by atoms with Crippen molar-refractivity contribution in [2.75, 3.05) is 27.3 Å². The number of ether oxygens (including phenoxy) is 2. The maximum atomic E-state index is 12.0. The van der Waals surface area contributed by atoms with Crippen molar-refractivity contribution < 1.29 is 14.3 Å². The van der Waals surface area contributed by atoms with E-state index in [2.05, 4.69) is 6.92 Å². The minimum absolute atomic E-state index is 0.00158. The minimum atomic E-state index is -0.480. The molecule has 0 radical (unpaired) electrons. The number of carbonyl (C=O) groups excluding carboxylic acids is 1. The Morgan fingerprint density at radius 2 is 1.95 bits per heavy atom. The van der Waals surface area contributed by atoms with Gasteiger partial charge in [-0.3, -0.25) is 0 Å². The highest BCUT2D eigenvalue weighted by molar-refractivity contribution is 5.68. The van der Waals surface area contributed by atoms with Gasteiger partial charge in [0.1, 0.15) is 5.60 Å². The van der Waals surface area contributed by atoms with E-state index in [-0.39, 0.29) is 12.1 Å². The number of amides is 1. The average molecular weight is 274 g/mol. The fourth-order valence-corrected chi connectivity index (χ4v) is 1.80. The number of carbonyl (C=O) groups is 1. The monoisotopic (exact) mass is 274 g/mol. The summed E-state index contributed by atoms with van der Waals surface area (Å²) in [5, 5.41) is 0. The first-order chi connectivity index (χ1) is 8.71. The topological polar surface area (TPSA) is 64.8 Å². The maximum absolute atomic E-state index is 12.0. The molecule has 2 unspecified atom stereocenters. The lowest BCUT2D eigenvalue weighted by Crippen LogP contribution is -2.45. The number of hydrogen-bond acceptors (Lipinski definition) is 4. The van der Waals surface area contributed by atoms with Gasteiger partial charge < -0.3 is 20.1 Å². The Morgan fingerprint density at radius 1 is 1.37 bits per heavy atom. The van der Waals surface area contributed by atoms with Crippen molar-refractivity contribution in [3.63, 3.8) is 0 Å². The van der Waals surface area contributed by atoms with Gasteiger partial charge >= 0.3 is 6.09 Å². The van der Waals surface area contributed by atoms with Gasteiger partial charge in [-0.15, -0.1) is 0 Å². The van der Waals surface area contributed by atoms with Crippen molar-refractivity contribution in [1.82, 2.24) is 4.90 Å². The normalized spacial score (nSPS) is 14.9. The van der Waals surface area contributed by atoms with Gasteiger partial charge in [0.25, 0.3) is 0 Å². The Balaban J connectivity index is 4.38. The van der Waals surface area contributed by atoms with Gasteiger partial charge in [-0.1, -0.05) is 6.92 Å². The van der Waals surface area contributed by atoms with E-state index in [0.717, 1.165) is 19.4 Å². The van der Waals surface area contributed by atoms with E-state index >= 15 is 0 Å². The second-order valence-corrected chi connectivity index (χ2v) is 6.10. The van der Waals surface area contributed by atoms with E-state index in [1.54, 1.807) is 19.1 Å². The van der Waals surface area contributed by atoms with Crippen LogP contribution in [0, 0.1) is 5.92 Å². The van der Waals surface area contributed by atoms with E-state index in [9.17, 15) is 4.79 Å². The molecule has 0 bridgehead atoms. The molecule has 0 saturated carbocycles. The highest BCUT2D eigenvalue weighted by Gasteiger charge is 2.25. The Bertz CT molecular complexity index is 264. The summed E-state index contributed by atoms with van der Waals surface area (Å²) in [6.45, 7) is 8.89. The third-order valence-corrected chi connectivity index (χ3v) is 2.99. The molecule has 0 heterocycles. The fourth-order valence-electron chi connectivity index (χ4n) is 1.80. The van der Waals surface area contributed by atoms with Crippen molar-refractivity contribution in [3.05, 3.63) is 0 Å². The van der Waals surface area contributed by atoms with E-state index < -0.39 is 5.60 Å². The quantitative estimate of drug-likeness (QED) is 0.773. The first kappa shape index (κ1) is 18.2. The smallest absolute Gasteiger partial charge is 0.410 e. The molecular weight excluding hydrogens is 244 g/mol. The van der Waals surface area contributed by atoms with Crippen LogP contribution in [0.2, 0.25) is 0 Å². The molecule has 19 heavy (non-hydrogen) atoms. The molecule has 0 aromatic carbocycles. The Hall–Kier alpha value is -0.810. The first-order valence-corrected chi connectivity index (χ1v) is 6.86. The van der Waals surface area contributed by atoms with Crippen LogP contribution in [0.1, 0.15) is 40.5 Å². The molecule has 0 aliphatic heterocycles. The summed E-state index contributed by atoms with van der Waals surface area (Å²) in [7, 11) is 3.44. The van der Waals surface area contributed by atoms with Gasteiger partial charge in [0.2, 0.25) is 0 Å². The van der Waals surface area contributed by atoms with Crippen LogP contribution in [0.4, 0.5) is 4.79 Å². The minimum Gasteiger partial charge on any atom is -0.444 e. The van der Waals surface area contributed by atoms with Crippen molar-refractivity contribution in [1.29, 1.82) is 0 Å². The summed E-state index contributed by atoms with van der Waals surface area (Å²) in [5.41, 5.74) is 5.29. The van der Waals surface area contributed by atoms with Crippen molar-refractivity contribution in [2.45, 2.75) is 52.2 Å². The lowest BCUT2D eigenvalue weighted by molar-refractivity contribution is 0.0206. The molecule has 0 rings (SSSR count). The van der Waals surface area contributed by atoms with Gasteiger partial charge in [0.05, 0.1) is 0 Å². The molecule has 2 atom stereocenters. The molecule has 0 aliphatic rings. The fraction of sp³-hybridized carbons (Fsp3) is 0.929. The summed E-state index contributed by atoms with van der Waals surface area (Å²) < 4.78 is 10.4. The Labute approximate surface area is 117 Å². The second kappa shape index (κ2) is 8.38. The van der Waals surface area contributed by atoms with E-state index in [0.29, 0.717) is 12.5 Å². The molecule has 5 heteroatoms. The lowest BCUT2D eigenvalue weighted by Gasteiger charge is -2.31. The van der Waals surface area contributed by atoms with Crippen LogP contribution in [0.15, 0.2) is 0 Å². The van der Waals surface area contributed by atoms with E-state index in [1.807, 2.05) is 20.8 Å². The molecule has 0 aromatic rings. The number of nitrogens with two attached hydrogens (primary N) is 1. The van der Waals surface area contributed by atoms with Crippen molar-refractivity contribution in [3.8, 4) is 0 Å². The molecule has 5 nitrogen and oxygen atoms in total. The zero-order chi connectivity index (χ0) is 15.1. The molecule has 0 aromatic heterocycles.